The zero-order valence-corrected chi connectivity index (χ0v) is 17.9. The van der Waals surface area contributed by atoms with Crippen LogP contribution in [0.2, 0.25) is 0 Å². The van der Waals surface area contributed by atoms with Crippen molar-refractivity contribution in [3.8, 4) is 11.4 Å². The highest BCUT2D eigenvalue weighted by atomic mass is 79.9. The first-order valence-electron chi connectivity index (χ1n) is 9.75. The van der Waals surface area contributed by atoms with Gasteiger partial charge in [0.25, 0.3) is 0 Å². The molecule has 1 unspecified atom stereocenters. The van der Waals surface area contributed by atoms with Gasteiger partial charge in [0.05, 0.1) is 12.5 Å². The second-order valence-electron chi connectivity index (χ2n) is 7.46. The molecule has 3 aromatic rings. The number of carbonyl (C=O) groups is 1. The predicted octanol–water partition coefficient (Wildman–Crippen LogP) is 4.66. The smallest absolute Gasteiger partial charge is 0.241 e. The van der Waals surface area contributed by atoms with Crippen LogP contribution in [0.15, 0.2) is 57.5 Å². The van der Waals surface area contributed by atoms with Gasteiger partial charge < -0.3 is 9.84 Å². The molecule has 150 valence electrons. The van der Waals surface area contributed by atoms with Crippen LogP contribution >= 0.6 is 15.9 Å². The fourth-order valence-corrected chi connectivity index (χ4v) is 4.03. The van der Waals surface area contributed by atoms with E-state index in [-0.39, 0.29) is 11.8 Å². The topological polar surface area (TPSA) is 71.3 Å². The lowest BCUT2D eigenvalue weighted by Gasteiger charge is -2.30. The summed E-state index contributed by atoms with van der Waals surface area (Å²) in [6.45, 7) is 4.18. The van der Waals surface area contributed by atoms with Crippen molar-refractivity contribution < 1.29 is 9.32 Å². The Morgan fingerprint density at radius 1 is 1.28 bits per heavy atom. The van der Waals surface area contributed by atoms with Gasteiger partial charge in [-0.3, -0.25) is 9.69 Å². The standard InChI is InChI=1S/C22H23BrN4O2/c1-15-5-2-9-19(11-15)24-22(28)17-7-4-10-27(13-17)14-20-25-21(26-29-20)16-6-3-8-18(23)12-16/h2-3,5-6,8-9,11-12,17H,4,7,10,13-14H2,1H3,(H,24,28). The number of hydrogen-bond acceptors (Lipinski definition) is 5. The molecule has 29 heavy (non-hydrogen) atoms. The van der Waals surface area contributed by atoms with E-state index in [4.69, 9.17) is 4.52 Å². The molecule has 1 atom stereocenters. The number of rotatable bonds is 5. The number of aromatic nitrogens is 2. The van der Waals surface area contributed by atoms with Crippen LogP contribution in [0.1, 0.15) is 24.3 Å². The molecule has 0 aliphatic carbocycles. The van der Waals surface area contributed by atoms with Gasteiger partial charge in [0.2, 0.25) is 17.6 Å². The summed E-state index contributed by atoms with van der Waals surface area (Å²) in [7, 11) is 0. The third-order valence-electron chi connectivity index (χ3n) is 5.07. The van der Waals surface area contributed by atoms with E-state index in [9.17, 15) is 4.79 Å². The van der Waals surface area contributed by atoms with Crippen molar-refractivity contribution in [1.29, 1.82) is 0 Å². The lowest BCUT2D eigenvalue weighted by Crippen LogP contribution is -2.40. The Labute approximate surface area is 178 Å². The maximum absolute atomic E-state index is 12.7. The van der Waals surface area contributed by atoms with Gasteiger partial charge in [0, 0.05) is 22.3 Å². The number of nitrogens with zero attached hydrogens (tertiary/aromatic N) is 3. The second kappa shape index (κ2) is 8.88. The van der Waals surface area contributed by atoms with Crippen LogP contribution in [0.3, 0.4) is 0 Å². The molecule has 0 saturated carbocycles. The lowest BCUT2D eigenvalue weighted by molar-refractivity contribution is -0.121. The molecule has 6 nitrogen and oxygen atoms in total. The quantitative estimate of drug-likeness (QED) is 0.606. The van der Waals surface area contributed by atoms with Gasteiger partial charge in [-0.2, -0.15) is 4.98 Å². The first-order chi connectivity index (χ1) is 14.1. The molecule has 4 rings (SSSR count). The SMILES string of the molecule is Cc1cccc(NC(=O)C2CCCN(Cc3nc(-c4cccc(Br)c4)no3)C2)c1. The van der Waals surface area contributed by atoms with Gasteiger partial charge in [-0.15, -0.1) is 0 Å². The van der Waals surface area contributed by atoms with E-state index in [1.54, 1.807) is 0 Å². The van der Waals surface area contributed by atoms with Crippen molar-refractivity contribution in [1.82, 2.24) is 15.0 Å². The number of nitrogens with one attached hydrogen (secondary N) is 1. The highest BCUT2D eigenvalue weighted by Gasteiger charge is 2.27. The van der Waals surface area contributed by atoms with E-state index >= 15 is 0 Å². The number of amides is 1. The summed E-state index contributed by atoms with van der Waals surface area (Å²) in [5.74, 6) is 1.17. The van der Waals surface area contributed by atoms with E-state index in [1.165, 1.54) is 0 Å². The minimum atomic E-state index is -0.0447. The fourth-order valence-electron chi connectivity index (χ4n) is 3.64. The van der Waals surface area contributed by atoms with Crippen molar-refractivity contribution in [2.45, 2.75) is 26.3 Å². The van der Waals surface area contributed by atoms with Crippen LogP contribution in [0, 0.1) is 12.8 Å². The highest BCUT2D eigenvalue weighted by Crippen LogP contribution is 2.23. The number of hydrogen-bond donors (Lipinski definition) is 1. The Bertz CT molecular complexity index is 1000. The normalized spacial score (nSPS) is 17.2. The van der Waals surface area contributed by atoms with Gasteiger partial charge in [0.1, 0.15) is 0 Å². The van der Waals surface area contributed by atoms with E-state index in [1.807, 2.05) is 55.5 Å². The molecular weight excluding hydrogens is 432 g/mol. The molecule has 0 radical (unpaired) electrons. The van der Waals surface area contributed by atoms with Gasteiger partial charge in [-0.05, 0) is 56.1 Å². The van der Waals surface area contributed by atoms with Gasteiger partial charge >= 0.3 is 0 Å². The maximum atomic E-state index is 12.7. The summed E-state index contributed by atoms with van der Waals surface area (Å²) in [5, 5.41) is 7.14. The zero-order chi connectivity index (χ0) is 20.2. The van der Waals surface area contributed by atoms with Crippen LogP contribution in [0.4, 0.5) is 5.69 Å². The molecule has 1 amide bonds. The summed E-state index contributed by atoms with van der Waals surface area (Å²) in [4.78, 5) is 19.4. The summed E-state index contributed by atoms with van der Waals surface area (Å²) in [6.07, 6.45) is 1.86. The summed E-state index contributed by atoms with van der Waals surface area (Å²) in [5.41, 5.74) is 2.89. The van der Waals surface area contributed by atoms with Crippen LogP contribution in [-0.4, -0.2) is 34.0 Å². The van der Waals surface area contributed by atoms with Crippen LogP contribution in [0.5, 0.6) is 0 Å². The first kappa shape index (κ1) is 19.8. The Balaban J connectivity index is 1.37. The summed E-state index contributed by atoms with van der Waals surface area (Å²) >= 11 is 3.46. The van der Waals surface area contributed by atoms with Crippen molar-refractivity contribution in [3.05, 3.63) is 64.5 Å². The highest BCUT2D eigenvalue weighted by molar-refractivity contribution is 9.10. The van der Waals surface area contributed by atoms with Gasteiger partial charge in [-0.1, -0.05) is 45.4 Å². The minimum Gasteiger partial charge on any atom is -0.338 e. The third-order valence-corrected chi connectivity index (χ3v) is 5.56. The first-order valence-corrected chi connectivity index (χ1v) is 10.5. The molecule has 0 bridgehead atoms. The average Bonchev–Trinajstić information content (AvgIpc) is 3.17. The summed E-state index contributed by atoms with van der Waals surface area (Å²) in [6, 6.07) is 15.7. The van der Waals surface area contributed by atoms with Crippen molar-refractivity contribution in [2.24, 2.45) is 5.92 Å². The third kappa shape index (κ3) is 5.10. The number of halogens is 1. The molecule has 1 saturated heterocycles. The Morgan fingerprint density at radius 3 is 2.97 bits per heavy atom. The molecule has 1 N–H and O–H groups in total. The number of aryl methyl sites for hydroxylation is 1. The van der Waals surface area contributed by atoms with Gasteiger partial charge in [0.15, 0.2) is 0 Å². The van der Waals surface area contributed by atoms with Crippen molar-refractivity contribution >= 4 is 27.5 Å². The van der Waals surface area contributed by atoms with Crippen molar-refractivity contribution in [3.63, 3.8) is 0 Å². The van der Waals surface area contributed by atoms with Crippen LogP contribution in [0.25, 0.3) is 11.4 Å². The number of likely N-dealkylation sites (tertiary alicyclic amines) is 1. The van der Waals surface area contributed by atoms with E-state index < -0.39 is 0 Å². The van der Waals surface area contributed by atoms with Crippen molar-refractivity contribution in [2.75, 3.05) is 18.4 Å². The minimum absolute atomic E-state index is 0.0447. The maximum Gasteiger partial charge on any atom is 0.241 e. The number of piperidine rings is 1. The molecule has 0 spiro atoms. The van der Waals surface area contributed by atoms with E-state index in [0.29, 0.717) is 24.8 Å². The molecule has 1 aliphatic heterocycles. The Morgan fingerprint density at radius 2 is 2.14 bits per heavy atom. The van der Waals surface area contributed by atoms with Crippen LogP contribution in [-0.2, 0) is 11.3 Å². The molecule has 2 aromatic carbocycles. The molecule has 7 heteroatoms. The van der Waals surface area contributed by atoms with Gasteiger partial charge in [-0.25, -0.2) is 0 Å². The Hall–Kier alpha value is -2.51. The fraction of sp³-hybridized carbons (Fsp3) is 0.318. The number of anilines is 1. The van der Waals surface area contributed by atoms with Crippen LogP contribution < -0.4 is 5.32 Å². The molecule has 2 heterocycles. The molecule has 1 aliphatic rings. The number of benzene rings is 2. The second-order valence-corrected chi connectivity index (χ2v) is 8.37. The average molecular weight is 455 g/mol. The Kier molecular flexibility index (Phi) is 6.06. The molecule has 1 fully saturated rings. The summed E-state index contributed by atoms with van der Waals surface area (Å²) < 4.78 is 6.42. The zero-order valence-electron chi connectivity index (χ0n) is 16.3. The largest absolute Gasteiger partial charge is 0.338 e. The lowest BCUT2D eigenvalue weighted by atomic mass is 9.97. The van der Waals surface area contributed by atoms with E-state index in [0.717, 1.165) is 40.7 Å². The molecular formula is C22H23BrN4O2. The predicted molar refractivity (Wildman–Crippen MR) is 115 cm³/mol. The van der Waals surface area contributed by atoms with E-state index in [2.05, 4.69) is 36.3 Å². The molecule has 1 aromatic heterocycles. The monoisotopic (exact) mass is 454 g/mol. The number of carbonyl (C=O) groups excluding carboxylic acids is 1.